The number of alkyl halides is 3. The standard InChI is InChI=1S/C18H16F5N5O.H3N/c1-9-15(24)13(27-17-25-7-10(19)8-26-17)5-6-28(9)16(29)11-3-2-4-12(14(11)20)18(21,22)23;/h2-4,7-9H,5-6,24H2,1H3,(H,25,26,27);1H3. The minimum Gasteiger partial charge on any atom is -0.399 e. The van der Waals surface area contributed by atoms with Gasteiger partial charge in [-0.05, 0) is 19.1 Å². The van der Waals surface area contributed by atoms with Crippen LogP contribution in [-0.2, 0) is 6.18 Å². The third-order valence-electron chi connectivity index (χ3n) is 4.55. The van der Waals surface area contributed by atoms with E-state index < -0.39 is 40.9 Å². The van der Waals surface area contributed by atoms with Crippen molar-refractivity contribution in [2.45, 2.75) is 25.6 Å². The largest absolute Gasteiger partial charge is 0.419 e. The van der Waals surface area contributed by atoms with E-state index in [-0.39, 0.29) is 30.8 Å². The van der Waals surface area contributed by atoms with Crippen molar-refractivity contribution in [3.63, 3.8) is 0 Å². The molecule has 1 aliphatic heterocycles. The number of aromatic nitrogens is 2. The Morgan fingerprint density at radius 1 is 1.23 bits per heavy atom. The Hall–Kier alpha value is -3.28. The van der Waals surface area contributed by atoms with Gasteiger partial charge >= 0.3 is 6.18 Å². The molecule has 7 nitrogen and oxygen atoms in total. The monoisotopic (exact) mass is 430 g/mol. The maximum atomic E-state index is 14.3. The zero-order chi connectivity index (χ0) is 21.3. The molecule has 0 spiro atoms. The Morgan fingerprint density at radius 3 is 2.47 bits per heavy atom. The Kier molecular flexibility index (Phi) is 6.60. The van der Waals surface area contributed by atoms with Crippen molar-refractivity contribution < 1.29 is 26.7 Å². The fraction of sp³-hybridized carbons (Fsp3) is 0.278. The summed E-state index contributed by atoms with van der Waals surface area (Å²) in [7, 11) is 0. The summed E-state index contributed by atoms with van der Waals surface area (Å²) >= 11 is 0. The van der Waals surface area contributed by atoms with Crippen LogP contribution in [0.2, 0.25) is 0 Å². The fourth-order valence-electron chi connectivity index (χ4n) is 2.98. The first-order chi connectivity index (χ1) is 13.6. The van der Waals surface area contributed by atoms with E-state index in [1.807, 2.05) is 0 Å². The lowest BCUT2D eigenvalue weighted by Crippen LogP contribution is -2.46. The van der Waals surface area contributed by atoms with Crippen molar-refractivity contribution in [1.29, 1.82) is 0 Å². The zero-order valence-corrected chi connectivity index (χ0v) is 15.8. The molecule has 0 aliphatic carbocycles. The summed E-state index contributed by atoms with van der Waals surface area (Å²) in [5.41, 5.74) is 4.57. The van der Waals surface area contributed by atoms with E-state index >= 15 is 0 Å². The SMILES string of the molecule is CC1C(N)=C(Nc2ncc(F)cn2)CCN1C(=O)c1cccc(C(F)(F)F)c1F.N. The molecule has 0 bridgehead atoms. The van der Waals surface area contributed by atoms with Crippen LogP contribution in [0.1, 0.15) is 29.3 Å². The summed E-state index contributed by atoms with van der Waals surface area (Å²) in [4.78, 5) is 21.4. The molecular formula is C18H19F5N6O. The van der Waals surface area contributed by atoms with Gasteiger partial charge in [0.2, 0.25) is 5.95 Å². The first kappa shape index (κ1) is 23.0. The lowest BCUT2D eigenvalue weighted by molar-refractivity contribution is -0.140. The number of nitrogens with zero attached hydrogens (tertiary/aromatic N) is 3. The van der Waals surface area contributed by atoms with Gasteiger partial charge in [0.1, 0.15) is 5.82 Å². The van der Waals surface area contributed by atoms with Crippen LogP contribution in [0.25, 0.3) is 0 Å². The number of benzene rings is 1. The molecule has 0 fully saturated rings. The second kappa shape index (κ2) is 8.61. The second-order valence-corrected chi connectivity index (χ2v) is 6.37. The van der Waals surface area contributed by atoms with Crippen LogP contribution >= 0.6 is 0 Å². The molecule has 1 amide bonds. The topological polar surface area (TPSA) is 119 Å². The molecule has 2 heterocycles. The summed E-state index contributed by atoms with van der Waals surface area (Å²) in [5, 5.41) is 2.83. The van der Waals surface area contributed by atoms with Crippen LogP contribution in [0, 0.1) is 11.6 Å². The molecule has 3 rings (SSSR count). The van der Waals surface area contributed by atoms with Gasteiger partial charge in [-0.25, -0.2) is 18.7 Å². The predicted molar refractivity (Wildman–Crippen MR) is 98.4 cm³/mol. The van der Waals surface area contributed by atoms with Gasteiger partial charge in [0.05, 0.1) is 35.3 Å². The molecule has 1 aromatic heterocycles. The number of halogens is 5. The first-order valence-electron chi connectivity index (χ1n) is 8.49. The number of nitrogens with one attached hydrogen (secondary N) is 1. The summed E-state index contributed by atoms with van der Waals surface area (Å²) < 4.78 is 66.0. The summed E-state index contributed by atoms with van der Waals surface area (Å²) in [6.45, 7) is 1.63. The summed E-state index contributed by atoms with van der Waals surface area (Å²) in [5.74, 6) is -3.04. The fourth-order valence-corrected chi connectivity index (χ4v) is 2.98. The van der Waals surface area contributed by atoms with Gasteiger partial charge in [-0.1, -0.05) is 6.07 Å². The zero-order valence-electron chi connectivity index (χ0n) is 15.8. The molecule has 1 unspecified atom stereocenters. The van der Waals surface area contributed by atoms with Gasteiger partial charge < -0.3 is 22.1 Å². The van der Waals surface area contributed by atoms with Gasteiger partial charge in [0, 0.05) is 18.7 Å². The van der Waals surface area contributed by atoms with E-state index in [0.717, 1.165) is 24.5 Å². The quantitative estimate of drug-likeness (QED) is 0.642. The van der Waals surface area contributed by atoms with Crippen molar-refractivity contribution in [2.75, 3.05) is 11.9 Å². The maximum Gasteiger partial charge on any atom is 0.419 e. The maximum absolute atomic E-state index is 14.3. The number of hydrogen-bond acceptors (Lipinski definition) is 6. The Balaban J connectivity index is 0.00000320. The Labute approximate surface area is 168 Å². The highest BCUT2D eigenvalue weighted by molar-refractivity contribution is 5.95. The van der Waals surface area contributed by atoms with Gasteiger partial charge in [0.25, 0.3) is 5.91 Å². The Bertz CT molecular complexity index is 961. The van der Waals surface area contributed by atoms with Crippen LogP contribution in [-0.4, -0.2) is 33.4 Å². The van der Waals surface area contributed by atoms with E-state index in [1.54, 1.807) is 6.92 Å². The van der Waals surface area contributed by atoms with Crippen molar-refractivity contribution in [2.24, 2.45) is 5.73 Å². The molecule has 6 N–H and O–H groups in total. The number of amides is 1. The van der Waals surface area contributed by atoms with Gasteiger partial charge in [-0.2, -0.15) is 13.2 Å². The van der Waals surface area contributed by atoms with Crippen LogP contribution in [0.4, 0.5) is 27.9 Å². The molecule has 12 heteroatoms. The number of carbonyl (C=O) groups excluding carboxylic acids is 1. The van der Waals surface area contributed by atoms with Crippen molar-refractivity contribution in [3.05, 3.63) is 64.7 Å². The highest BCUT2D eigenvalue weighted by Gasteiger charge is 2.37. The average molecular weight is 430 g/mol. The lowest BCUT2D eigenvalue weighted by atomic mass is 10.0. The molecule has 0 radical (unpaired) electrons. The smallest absolute Gasteiger partial charge is 0.399 e. The van der Waals surface area contributed by atoms with E-state index in [2.05, 4.69) is 15.3 Å². The normalized spacial score (nSPS) is 16.9. The number of anilines is 1. The molecule has 2 aromatic rings. The van der Waals surface area contributed by atoms with Crippen molar-refractivity contribution in [1.82, 2.24) is 21.0 Å². The predicted octanol–water partition coefficient (Wildman–Crippen LogP) is 3.45. The van der Waals surface area contributed by atoms with Crippen LogP contribution in [0.3, 0.4) is 0 Å². The average Bonchev–Trinajstić information content (AvgIpc) is 2.66. The molecule has 1 atom stereocenters. The molecule has 1 aromatic carbocycles. The van der Waals surface area contributed by atoms with Crippen LogP contribution in [0.5, 0.6) is 0 Å². The first-order valence-corrected chi connectivity index (χ1v) is 8.49. The van der Waals surface area contributed by atoms with Gasteiger partial charge in [-0.3, -0.25) is 4.79 Å². The molecule has 30 heavy (non-hydrogen) atoms. The molecular weight excluding hydrogens is 411 g/mol. The second-order valence-electron chi connectivity index (χ2n) is 6.37. The molecule has 162 valence electrons. The van der Waals surface area contributed by atoms with E-state index in [1.165, 1.54) is 4.90 Å². The number of rotatable bonds is 3. The van der Waals surface area contributed by atoms with Crippen LogP contribution < -0.4 is 17.2 Å². The molecule has 0 saturated heterocycles. The van der Waals surface area contributed by atoms with E-state index in [0.29, 0.717) is 11.8 Å². The highest BCUT2D eigenvalue weighted by atomic mass is 19.4. The van der Waals surface area contributed by atoms with Gasteiger partial charge in [0.15, 0.2) is 5.82 Å². The third-order valence-corrected chi connectivity index (χ3v) is 4.55. The Morgan fingerprint density at radius 2 is 1.87 bits per heavy atom. The number of carbonyl (C=O) groups is 1. The van der Waals surface area contributed by atoms with Crippen molar-refractivity contribution >= 4 is 11.9 Å². The van der Waals surface area contributed by atoms with E-state index in [9.17, 15) is 26.7 Å². The minimum atomic E-state index is -4.92. The lowest BCUT2D eigenvalue weighted by Gasteiger charge is -2.35. The van der Waals surface area contributed by atoms with Crippen molar-refractivity contribution in [3.8, 4) is 0 Å². The summed E-state index contributed by atoms with van der Waals surface area (Å²) in [6, 6.07) is 1.82. The van der Waals surface area contributed by atoms with Crippen LogP contribution in [0.15, 0.2) is 42.0 Å². The summed E-state index contributed by atoms with van der Waals surface area (Å²) in [6.07, 6.45) is -2.79. The van der Waals surface area contributed by atoms with E-state index in [4.69, 9.17) is 5.73 Å². The number of nitrogens with two attached hydrogens (primary N) is 1. The molecule has 1 aliphatic rings. The van der Waals surface area contributed by atoms with Gasteiger partial charge in [-0.15, -0.1) is 0 Å². The number of hydrogen-bond donors (Lipinski definition) is 3. The molecule has 0 saturated carbocycles. The minimum absolute atomic E-state index is 0. The third kappa shape index (κ3) is 4.48. The highest BCUT2D eigenvalue weighted by Crippen LogP contribution is 2.33.